The Bertz CT molecular complexity index is 1890. The Morgan fingerprint density at radius 2 is 1.08 bits per heavy atom. The van der Waals surface area contributed by atoms with Crippen LogP contribution in [0.15, 0.2) is 72.8 Å². The number of hydrogen-bond acceptors (Lipinski definition) is 8. The molecule has 0 aromatic heterocycles. The van der Waals surface area contributed by atoms with Crippen LogP contribution in [-0.2, 0) is 27.2 Å². The number of carboxylic acids is 1. The van der Waals surface area contributed by atoms with E-state index in [1.807, 2.05) is 32.0 Å². The van der Waals surface area contributed by atoms with Crippen LogP contribution in [0.2, 0.25) is 0 Å². The van der Waals surface area contributed by atoms with Crippen molar-refractivity contribution in [3.8, 4) is 0 Å². The Kier molecular flexibility index (Phi) is 16.5. The molecule has 0 spiro atoms. The van der Waals surface area contributed by atoms with Crippen LogP contribution in [0.4, 0.5) is 11.4 Å². The Morgan fingerprint density at radius 1 is 0.686 bits per heavy atom. The molecule has 0 aliphatic carbocycles. The molecule has 6 N–H and O–H groups in total. The van der Waals surface area contributed by atoms with Gasteiger partial charge in [-0.05, 0) is 109 Å². The fourth-order valence-corrected chi connectivity index (χ4v) is 6.11. The van der Waals surface area contributed by atoms with E-state index >= 15 is 0 Å². The summed E-state index contributed by atoms with van der Waals surface area (Å²) in [4.78, 5) is 47.6. The molecule has 11 heteroatoms. The summed E-state index contributed by atoms with van der Waals surface area (Å²) in [6, 6.07) is 22.0. The molecule has 0 amide bonds. The van der Waals surface area contributed by atoms with Crippen LogP contribution < -0.4 is 29.5 Å². The maximum Gasteiger partial charge on any atom is 1.00 e. The average molecular weight is 691 g/mol. The monoisotopic (exact) mass is 690 g/mol. The van der Waals surface area contributed by atoms with Crippen LogP contribution in [0.25, 0.3) is 0 Å². The second-order valence-electron chi connectivity index (χ2n) is 12.5. The zero-order chi connectivity index (χ0) is 33.8. The van der Waals surface area contributed by atoms with Gasteiger partial charge in [-0.2, -0.15) is 0 Å². The minimum atomic E-state index is -0.960. The molecule has 6 rings (SSSR count). The van der Waals surface area contributed by atoms with E-state index in [2.05, 4.69) is 48.7 Å². The molecule has 2 unspecified atom stereocenters. The summed E-state index contributed by atoms with van der Waals surface area (Å²) in [5, 5.41) is 16.1. The van der Waals surface area contributed by atoms with Crippen LogP contribution in [-0.4, -0.2) is 46.7 Å². The van der Waals surface area contributed by atoms with Crippen LogP contribution in [0, 0.1) is 27.7 Å². The number of hydrogen-bond donors (Lipinski definition) is 3. The van der Waals surface area contributed by atoms with E-state index in [1.165, 1.54) is 29.4 Å². The number of nitrogens with one attached hydrogen (secondary N) is 2. The van der Waals surface area contributed by atoms with Crippen molar-refractivity contribution >= 4 is 34.9 Å². The number of ketones is 2. The number of rotatable bonds is 4. The normalized spacial score (nSPS) is 15.6. The smallest absolute Gasteiger partial charge is 0.870 e. The average Bonchev–Trinajstić information content (AvgIpc) is 3.31. The first-order valence-electron chi connectivity index (χ1n) is 15.7. The van der Waals surface area contributed by atoms with E-state index in [0.717, 1.165) is 33.6 Å². The molecule has 2 aliphatic rings. The molecule has 0 saturated heterocycles. The summed E-state index contributed by atoms with van der Waals surface area (Å²) in [6.07, 6.45) is 1.61. The third-order valence-electron chi connectivity index (χ3n) is 8.98. The second-order valence-corrected chi connectivity index (χ2v) is 12.5. The van der Waals surface area contributed by atoms with Crippen LogP contribution in [0.3, 0.4) is 0 Å². The summed E-state index contributed by atoms with van der Waals surface area (Å²) < 4.78 is 4.78. The van der Waals surface area contributed by atoms with Gasteiger partial charge in [0.25, 0.3) is 0 Å². The van der Waals surface area contributed by atoms with Crippen molar-refractivity contribution in [2.45, 2.75) is 72.9 Å². The van der Waals surface area contributed by atoms with Gasteiger partial charge in [-0.1, -0.05) is 43.8 Å². The number of Topliss-reactive ketones (excluding diaryl/α,β-unsaturated/α-hetero) is 2. The molecule has 0 fully saturated rings. The molecule has 0 saturated carbocycles. The molecule has 266 valence electrons. The van der Waals surface area contributed by atoms with Gasteiger partial charge in [0, 0.05) is 37.1 Å². The van der Waals surface area contributed by atoms with Crippen molar-refractivity contribution in [1.82, 2.24) is 0 Å². The Labute approximate surface area is 311 Å². The summed E-state index contributed by atoms with van der Waals surface area (Å²) in [5.41, 5.74) is 11.2. The fraction of sp³-hybridized carbons (Fsp3) is 0.300. The van der Waals surface area contributed by atoms with Gasteiger partial charge in [-0.3, -0.25) is 9.59 Å². The van der Waals surface area contributed by atoms with E-state index < -0.39 is 5.97 Å². The zero-order valence-corrected chi connectivity index (χ0v) is 29.3. The molecule has 0 radical (unpaired) electrons. The summed E-state index contributed by atoms with van der Waals surface area (Å²) >= 11 is 0. The first kappa shape index (κ1) is 44.3. The van der Waals surface area contributed by atoms with Gasteiger partial charge in [0.15, 0.2) is 0 Å². The van der Waals surface area contributed by atoms with Gasteiger partial charge in [-0.15, -0.1) is 0 Å². The van der Waals surface area contributed by atoms with E-state index in [1.54, 1.807) is 30.3 Å². The van der Waals surface area contributed by atoms with Crippen LogP contribution in [0.5, 0.6) is 0 Å². The number of esters is 1. The first-order valence-corrected chi connectivity index (χ1v) is 15.7. The van der Waals surface area contributed by atoms with E-state index in [-0.39, 0.29) is 72.4 Å². The van der Waals surface area contributed by atoms with E-state index in [0.29, 0.717) is 31.2 Å². The Morgan fingerprint density at radius 3 is 1.49 bits per heavy atom. The first-order chi connectivity index (χ1) is 22.4. The number of carbonyl (C=O) groups excluding carboxylic acids is 3. The SMILES string of the molecule is C.COC(=O)c1cccc(C2CC(=O)Cc3cc(C)c(C)cc3N2)c1.Cc1cc2c(cc1C)NC(c1cccc(C(=O)O)c1)CC(=O)C2.O.[Li+].[OH-]. The zero-order valence-electron chi connectivity index (χ0n) is 29.3. The molecule has 10 nitrogen and oxygen atoms in total. The Hall–Kier alpha value is -4.72. The molecule has 2 atom stereocenters. The molecule has 2 aliphatic heterocycles. The van der Waals surface area contributed by atoms with Gasteiger partial charge >= 0.3 is 30.8 Å². The number of aromatic carboxylic acids is 1. The number of methoxy groups -OCH3 is 1. The molecule has 51 heavy (non-hydrogen) atoms. The number of ether oxygens (including phenoxy) is 1. The summed E-state index contributed by atoms with van der Waals surface area (Å²) in [7, 11) is 1.36. The topological polar surface area (TPSA) is 183 Å². The third kappa shape index (κ3) is 10.6. The molecule has 2 heterocycles. The van der Waals surface area contributed by atoms with E-state index in [9.17, 15) is 19.2 Å². The van der Waals surface area contributed by atoms with Crippen molar-refractivity contribution in [2.24, 2.45) is 0 Å². The minimum absolute atomic E-state index is 0. The van der Waals surface area contributed by atoms with Gasteiger partial charge in [0.2, 0.25) is 0 Å². The van der Waals surface area contributed by atoms with Gasteiger partial charge in [0.05, 0.1) is 30.3 Å². The third-order valence-corrected chi connectivity index (χ3v) is 8.98. The van der Waals surface area contributed by atoms with Crippen molar-refractivity contribution in [2.75, 3.05) is 17.7 Å². The maximum atomic E-state index is 12.4. The largest absolute Gasteiger partial charge is 1.00 e. The number of benzene rings is 4. The predicted molar refractivity (Wildman–Crippen MR) is 195 cm³/mol. The Balaban J connectivity index is 0.000000473. The van der Waals surface area contributed by atoms with Crippen molar-refractivity contribution in [3.63, 3.8) is 0 Å². The molecular weight excluding hydrogens is 643 g/mol. The van der Waals surface area contributed by atoms with Crippen LogP contribution in [0.1, 0.15) is 97.6 Å². The van der Waals surface area contributed by atoms with E-state index in [4.69, 9.17) is 9.84 Å². The minimum Gasteiger partial charge on any atom is -0.870 e. The number of aryl methyl sites for hydroxylation is 4. The number of fused-ring (bicyclic) bond motifs is 2. The number of carboxylic acid groups (broad SMARTS) is 1. The molecule has 4 aromatic carbocycles. The molecule has 4 aromatic rings. The maximum absolute atomic E-state index is 12.4. The predicted octanol–water partition coefficient (Wildman–Crippen LogP) is 4.07. The molecular formula is C40H47LiN2O8. The summed E-state index contributed by atoms with van der Waals surface area (Å²) in [5.74, 6) is -0.981. The van der Waals surface area contributed by atoms with Crippen molar-refractivity contribution < 1.29 is 58.8 Å². The molecule has 0 bridgehead atoms. The standard InChI is InChI=1S/C20H21NO3.C19H19NO3.CH4.Li.2H2O/c1-12-7-16-10-17(22)11-19(21-18(16)8-13(12)2)14-5-4-6-15(9-14)20(23)24-3;1-11-6-15-9-16(21)10-18(20-17(15)7-12(11)2)13-4-3-5-14(8-13)19(22)23;;;;/h4-9,19,21H,10-11H2,1-3H3;3-8,18,20H,9-10H2,1-2H3,(H,22,23);1H4;;2*1H2/q;;;+1;;/p-1. The second kappa shape index (κ2) is 19.0. The van der Waals surface area contributed by atoms with Crippen molar-refractivity contribution in [3.05, 3.63) is 128 Å². The quantitative estimate of drug-likeness (QED) is 0.210. The van der Waals surface area contributed by atoms with Crippen molar-refractivity contribution in [1.29, 1.82) is 0 Å². The number of anilines is 2. The summed E-state index contributed by atoms with van der Waals surface area (Å²) in [6.45, 7) is 8.21. The van der Waals surface area contributed by atoms with Gasteiger partial charge in [-0.25, -0.2) is 9.59 Å². The fourth-order valence-electron chi connectivity index (χ4n) is 6.11. The van der Waals surface area contributed by atoms with Crippen LogP contribution >= 0.6 is 0 Å². The van der Waals surface area contributed by atoms with Gasteiger partial charge < -0.3 is 31.4 Å². The van der Waals surface area contributed by atoms with Gasteiger partial charge in [0.1, 0.15) is 11.6 Å². The number of carbonyl (C=O) groups is 4.